The molecule has 5 N–H and O–H groups in total. The van der Waals surface area contributed by atoms with E-state index in [2.05, 4.69) is 30.6 Å². The molecule has 4 aromatic rings. The number of anilines is 4. The van der Waals surface area contributed by atoms with Crippen LogP contribution in [0, 0.1) is 0 Å². The van der Waals surface area contributed by atoms with E-state index in [0.717, 1.165) is 0 Å². The van der Waals surface area contributed by atoms with Crippen LogP contribution in [0.2, 0.25) is 0 Å². The molecule has 0 radical (unpaired) electrons. The number of nitrogens with one attached hydrogen (secondary N) is 4. The number of ether oxygens (including phenoxy) is 2. The molecule has 0 aliphatic heterocycles. The second-order valence-corrected chi connectivity index (χ2v) is 9.99. The number of phenols is 1. The van der Waals surface area contributed by atoms with E-state index in [1.54, 1.807) is 43.5 Å². The van der Waals surface area contributed by atoms with E-state index in [9.17, 15) is 18.3 Å². The lowest BCUT2D eigenvalue weighted by Gasteiger charge is -2.15. The van der Waals surface area contributed by atoms with Gasteiger partial charge in [-0.25, -0.2) is 18.4 Å². The Balaban J connectivity index is 0.00000441. The van der Waals surface area contributed by atoms with Crippen LogP contribution in [0.4, 0.5) is 23.0 Å². The van der Waals surface area contributed by atoms with Gasteiger partial charge in [0.1, 0.15) is 11.5 Å². The van der Waals surface area contributed by atoms with Crippen molar-refractivity contribution in [1.29, 1.82) is 0 Å². The van der Waals surface area contributed by atoms with Crippen molar-refractivity contribution in [3.63, 3.8) is 0 Å². The van der Waals surface area contributed by atoms with Crippen LogP contribution in [0.15, 0.2) is 71.6 Å². The number of rotatable bonds is 12. The van der Waals surface area contributed by atoms with Crippen LogP contribution < -0.4 is 25.4 Å². The molecule has 212 valence electrons. The number of amides is 1. The number of aromatic hydroxyl groups is 1. The van der Waals surface area contributed by atoms with Gasteiger partial charge in [-0.2, -0.15) is 0 Å². The zero-order chi connectivity index (χ0) is 27.8. The number of sulfonamides is 1. The van der Waals surface area contributed by atoms with Gasteiger partial charge in [-0.15, -0.1) is 0 Å². The number of phenolic OH excluding ortho intramolecular Hbond substituents is 1. The fraction of sp³-hybridized carbons (Fsp3) is 0.222. The van der Waals surface area contributed by atoms with Crippen LogP contribution >= 0.6 is 0 Å². The van der Waals surface area contributed by atoms with Crippen molar-refractivity contribution in [1.82, 2.24) is 15.3 Å². The normalized spacial score (nSPS) is 10.9. The number of hydrogen-bond acceptors (Lipinski definition) is 10. The molecule has 0 bridgehead atoms. The van der Waals surface area contributed by atoms with E-state index >= 15 is 0 Å². The van der Waals surface area contributed by atoms with Crippen LogP contribution in [0.1, 0.15) is 7.43 Å². The number of methoxy groups -OCH3 is 2. The summed E-state index contributed by atoms with van der Waals surface area (Å²) in [6.45, 7) is 1.00. The topological polar surface area (TPSA) is 164 Å². The summed E-state index contributed by atoms with van der Waals surface area (Å²) in [5.74, 6) is 0.0490. The van der Waals surface area contributed by atoms with Crippen LogP contribution in [0.5, 0.6) is 11.5 Å². The number of hydrogen-bond donors (Lipinski definition) is 5. The van der Waals surface area contributed by atoms with E-state index in [1.165, 1.54) is 37.4 Å². The predicted molar refractivity (Wildman–Crippen MR) is 155 cm³/mol. The summed E-state index contributed by atoms with van der Waals surface area (Å²) in [5, 5.41) is 18.6. The third kappa shape index (κ3) is 7.79. The SMILES string of the molecule is C.COCCNCC(=O)Nc1cccc(S(=O)(=O)Nc2nc3ccccc3nc2Nc2cc(O)cc(OC)c2)c1. The van der Waals surface area contributed by atoms with Crippen molar-refractivity contribution in [2.75, 3.05) is 49.3 Å². The molecule has 4 rings (SSSR count). The van der Waals surface area contributed by atoms with E-state index in [0.29, 0.717) is 41.3 Å². The Labute approximate surface area is 232 Å². The molecule has 1 heterocycles. The second-order valence-electron chi connectivity index (χ2n) is 8.31. The molecule has 0 atom stereocenters. The van der Waals surface area contributed by atoms with E-state index in [1.807, 2.05) is 0 Å². The molecule has 0 unspecified atom stereocenters. The first-order valence-electron chi connectivity index (χ1n) is 11.8. The maximum atomic E-state index is 13.4. The van der Waals surface area contributed by atoms with Gasteiger partial charge in [0.05, 0.1) is 36.2 Å². The maximum Gasteiger partial charge on any atom is 0.263 e. The van der Waals surface area contributed by atoms with Crippen LogP contribution in [-0.4, -0.2) is 63.3 Å². The zero-order valence-corrected chi connectivity index (χ0v) is 22.1. The Hall–Kier alpha value is -4.46. The van der Waals surface area contributed by atoms with Gasteiger partial charge < -0.3 is 30.5 Å². The third-order valence-corrected chi connectivity index (χ3v) is 6.72. The molecule has 0 fully saturated rings. The number of benzene rings is 3. The fourth-order valence-electron chi connectivity index (χ4n) is 3.58. The molecule has 1 aromatic heterocycles. The van der Waals surface area contributed by atoms with E-state index in [-0.39, 0.29) is 42.2 Å². The molecule has 3 aromatic carbocycles. The maximum absolute atomic E-state index is 13.4. The highest BCUT2D eigenvalue weighted by Gasteiger charge is 2.20. The van der Waals surface area contributed by atoms with Crippen LogP contribution in [0.3, 0.4) is 0 Å². The lowest BCUT2D eigenvalue weighted by molar-refractivity contribution is -0.115. The summed E-state index contributed by atoms with van der Waals surface area (Å²) < 4.78 is 39.4. The van der Waals surface area contributed by atoms with Gasteiger partial charge in [-0.1, -0.05) is 25.6 Å². The fourth-order valence-corrected chi connectivity index (χ4v) is 4.63. The minimum Gasteiger partial charge on any atom is -0.508 e. The monoisotopic (exact) mass is 568 g/mol. The summed E-state index contributed by atoms with van der Waals surface area (Å²) in [6.07, 6.45) is 0. The summed E-state index contributed by atoms with van der Waals surface area (Å²) in [6, 6.07) is 17.3. The molecule has 0 spiro atoms. The smallest absolute Gasteiger partial charge is 0.263 e. The van der Waals surface area contributed by atoms with E-state index < -0.39 is 10.0 Å². The summed E-state index contributed by atoms with van der Waals surface area (Å²) in [4.78, 5) is 21.1. The zero-order valence-electron chi connectivity index (χ0n) is 21.3. The molecule has 0 saturated heterocycles. The first-order valence-corrected chi connectivity index (χ1v) is 13.3. The van der Waals surface area contributed by atoms with Crippen LogP contribution in [0.25, 0.3) is 11.0 Å². The molecule has 0 aliphatic rings. The van der Waals surface area contributed by atoms with Gasteiger partial charge in [-0.05, 0) is 30.3 Å². The quantitative estimate of drug-likeness (QED) is 0.159. The second kappa shape index (κ2) is 13.6. The van der Waals surface area contributed by atoms with Crippen molar-refractivity contribution in [2.24, 2.45) is 0 Å². The summed E-state index contributed by atoms with van der Waals surface area (Å²) >= 11 is 0. The number of nitrogens with zero attached hydrogens (tertiary/aromatic N) is 2. The van der Waals surface area contributed by atoms with Gasteiger partial charge in [0.2, 0.25) is 5.91 Å². The standard InChI is InChI=1S/C26H28N6O6S.CH4/c1-37-11-10-27-16-24(34)28-17-6-5-7-21(14-17)39(35,36)32-26-25(30-22-8-3-4-9-23(22)31-26)29-18-12-19(33)15-20(13-18)38-2;/h3-9,12-15,27,33H,10-11,16H2,1-2H3,(H,28,34)(H,29,30)(H,31,32);1H4. The Bertz CT molecular complexity index is 1580. The number of carbonyl (C=O) groups is 1. The Morgan fingerprint density at radius 2 is 1.65 bits per heavy atom. The summed E-state index contributed by atoms with van der Waals surface area (Å²) in [5.41, 5.74) is 1.71. The van der Waals surface area contributed by atoms with Crippen molar-refractivity contribution in [3.8, 4) is 11.5 Å². The first-order chi connectivity index (χ1) is 18.8. The predicted octanol–water partition coefficient (Wildman–Crippen LogP) is 3.70. The molecule has 40 heavy (non-hydrogen) atoms. The highest BCUT2D eigenvalue weighted by Crippen LogP contribution is 2.31. The number of carbonyl (C=O) groups excluding carboxylic acids is 1. The lowest BCUT2D eigenvalue weighted by atomic mass is 10.2. The molecule has 1 amide bonds. The van der Waals surface area contributed by atoms with Crippen molar-refractivity contribution in [3.05, 3.63) is 66.7 Å². The lowest BCUT2D eigenvalue weighted by Crippen LogP contribution is -2.30. The van der Waals surface area contributed by atoms with Crippen molar-refractivity contribution in [2.45, 2.75) is 12.3 Å². The largest absolute Gasteiger partial charge is 0.508 e. The Morgan fingerprint density at radius 1 is 0.925 bits per heavy atom. The van der Waals surface area contributed by atoms with Crippen LogP contribution in [-0.2, 0) is 19.6 Å². The molecule has 12 nitrogen and oxygen atoms in total. The van der Waals surface area contributed by atoms with E-state index in [4.69, 9.17) is 9.47 Å². The first kappa shape index (κ1) is 30.1. The van der Waals surface area contributed by atoms with Gasteiger partial charge in [0.25, 0.3) is 10.0 Å². The minimum atomic E-state index is -4.15. The molecular weight excluding hydrogens is 536 g/mol. The van der Waals surface area contributed by atoms with Crippen molar-refractivity contribution < 1.29 is 27.8 Å². The van der Waals surface area contributed by atoms with Crippen molar-refractivity contribution >= 4 is 50.0 Å². The highest BCUT2D eigenvalue weighted by molar-refractivity contribution is 7.92. The van der Waals surface area contributed by atoms with Gasteiger partial charge >= 0.3 is 0 Å². The molecule has 0 saturated carbocycles. The number of para-hydroxylation sites is 2. The van der Waals surface area contributed by atoms with Gasteiger partial charge in [0, 0.05) is 43.2 Å². The molecular formula is C27H32N6O6S. The molecule has 0 aliphatic carbocycles. The Morgan fingerprint density at radius 3 is 2.35 bits per heavy atom. The molecule has 13 heteroatoms. The number of aromatic nitrogens is 2. The number of fused-ring (bicyclic) bond motifs is 1. The average Bonchev–Trinajstić information content (AvgIpc) is 2.91. The van der Waals surface area contributed by atoms with Gasteiger partial charge in [0.15, 0.2) is 11.6 Å². The Kier molecular flexibility index (Phi) is 10.2. The van der Waals surface area contributed by atoms with Gasteiger partial charge in [-0.3, -0.25) is 9.52 Å². The third-order valence-electron chi connectivity index (χ3n) is 5.39. The average molecular weight is 569 g/mol. The highest BCUT2D eigenvalue weighted by atomic mass is 32.2. The minimum absolute atomic E-state index is 0. The summed E-state index contributed by atoms with van der Waals surface area (Å²) in [7, 11) is -1.13.